The molecule has 0 amide bonds. The van der Waals surface area contributed by atoms with Crippen LogP contribution in [0.4, 0.5) is 13.2 Å². The Labute approximate surface area is 290 Å². The van der Waals surface area contributed by atoms with Gasteiger partial charge in [0, 0.05) is 0 Å². The molecule has 0 bridgehead atoms. The van der Waals surface area contributed by atoms with Crippen LogP contribution in [0.15, 0.2) is 121 Å². The average molecular weight is 713 g/mol. The molecule has 8 nitrogen and oxygen atoms in total. The monoisotopic (exact) mass is 712 g/mol. The van der Waals surface area contributed by atoms with Gasteiger partial charge in [-0.1, -0.05) is 121 Å². The van der Waals surface area contributed by atoms with Crippen LogP contribution in [0.5, 0.6) is 0 Å². The molecule has 1 aliphatic carbocycles. The minimum absolute atomic E-state index is 0.0281. The first kappa shape index (κ1) is 36.2. The Kier molecular flexibility index (Phi) is 12.0. The molecule has 266 valence electrons. The van der Waals surface area contributed by atoms with Gasteiger partial charge in [-0.2, -0.15) is 21.6 Å². The summed E-state index contributed by atoms with van der Waals surface area (Å²) in [4.78, 5) is 0. The lowest BCUT2D eigenvalue weighted by Gasteiger charge is -2.45. The molecule has 0 spiro atoms. The normalized spacial score (nSPS) is 25.3. The Balaban J connectivity index is 1.30. The van der Waals surface area contributed by atoms with E-state index in [0.29, 0.717) is 5.56 Å². The highest BCUT2D eigenvalue weighted by Crippen LogP contribution is 2.48. The highest BCUT2D eigenvalue weighted by atomic mass is 32.2. The maximum absolute atomic E-state index is 13.8. The standard InChI is InChI=1S/C38H39F3O8S/c39-38(40,41)50(42,43)49-36-35(46-24-29-17-9-3-10-18-29)34(45-23-28-15-7-2-8-16-28)33(26-44-22-27-13-5-1-6-14-27)48-37(36)47-25-31-21-32(31)30-19-11-4-12-20-30/h1-20,31-37H,21-26H2/t31-,32-,33+,34+,35-,36+,37-/m0/s1. The summed E-state index contributed by atoms with van der Waals surface area (Å²) in [7, 11) is -6.11. The van der Waals surface area contributed by atoms with E-state index in [1.807, 2.05) is 97.1 Å². The van der Waals surface area contributed by atoms with Gasteiger partial charge in [-0.3, -0.25) is 4.18 Å². The molecule has 4 aromatic carbocycles. The van der Waals surface area contributed by atoms with Gasteiger partial charge in [-0.15, -0.1) is 0 Å². The van der Waals surface area contributed by atoms with Gasteiger partial charge in [0.05, 0.1) is 33.0 Å². The van der Waals surface area contributed by atoms with Crippen LogP contribution in [0.1, 0.15) is 34.6 Å². The summed E-state index contributed by atoms with van der Waals surface area (Å²) < 4.78 is 103. The zero-order valence-electron chi connectivity index (χ0n) is 27.1. The van der Waals surface area contributed by atoms with Crippen LogP contribution in [0.2, 0.25) is 0 Å². The lowest BCUT2D eigenvalue weighted by Crippen LogP contribution is -2.62. The molecule has 1 saturated heterocycles. The van der Waals surface area contributed by atoms with Crippen LogP contribution >= 0.6 is 0 Å². The van der Waals surface area contributed by atoms with E-state index in [4.69, 9.17) is 27.9 Å². The molecule has 1 heterocycles. The van der Waals surface area contributed by atoms with E-state index in [0.717, 1.165) is 23.1 Å². The number of benzene rings is 4. The highest BCUT2D eigenvalue weighted by Gasteiger charge is 2.56. The van der Waals surface area contributed by atoms with E-state index in [1.54, 1.807) is 24.3 Å². The Hall–Kier alpha value is -3.62. The molecule has 4 aromatic rings. The molecule has 2 aliphatic rings. The maximum Gasteiger partial charge on any atom is 0.523 e. The molecule has 0 N–H and O–H groups in total. The number of rotatable bonds is 16. The number of halogens is 3. The van der Waals surface area contributed by atoms with Crippen LogP contribution < -0.4 is 0 Å². The second-order valence-electron chi connectivity index (χ2n) is 12.4. The van der Waals surface area contributed by atoms with Crippen LogP contribution in [0.25, 0.3) is 0 Å². The average Bonchev–Trinajstić information content (AvgIpc) is 3.91. The SMILES string of the molecule is O=S(=O)(O[C@H]1[C@@H](OC[C@@H]2C[C@H]2c2ccccc2)O[C@H](COCc2ccccc2)[C@@H](OCc2ccccc2)[C@@H]1OCc1ccccc1)C(F)(F)F. The van der Waals surface area contributed by atoms with E-state index in [2.05, 4.69) is 0 Å². The van der Waals surface area contributed by atoms with E-state index in [9.17, 15) is 21.6 Å². The van der Waals surface area contributed by atoms with Crippen molar-refractivity contribution in [3.05, 3.63) is 144 Å². The Morgan fingerprint density at radius 2 is 1.12 bits per heavy atom. The molecule has 0 unspecified atom stereocenters. The van der Waals surface area contributed by atoms with Crippen molar-refractivity contribution in [1.82, 2.24) is 0 Å². The fraction of sp³-hybridized carbons (Fsp3) is 0.368. The van der Waals surface area contributed by atoms with Gasteiger partial charge in [-0.05, 0) is 40.5 Å². The summed E-state index contributed by atoms with van der Waals surface area (Å²) in [6.45, 7) is 0.200. The van der Waals surface area contributed by atoms with E-state index < -0.39 is 46.3 Å². The minimum atomic E-state index is -6.11. The lowest BCUT2D eigenvalue weighted by molar-refractivity contribution is -0.314. The van der Waals surface area contributed by atoms with Crippen molar-refractivity contribution in [3.8, 4) is 0 Å². The molecule has 1 saturated carbocycles. The molecule has 50 heavy (non-hydrogen) atoms. The van der Waals surface area contributed by atoms with Crippen LogP contribution in [-0.4, -0.2) is 57.8 Å². The molecule has 2 fully saturated rings. The van der Waals surface area contributed by atoms with E-state index in [1.165, 1.54) is 0 Å². The first-order chi connectivity index (χ1) is 24.2. The Morgan fingerprint density at radius 3 is 1.66 bits per heavy atom. The van der Waals surface area contributed by atoms with Crippen molar-refractivity contribution in [1.29, 1.82) is 0 Å². The van der Waals surface area contributed by atoms with Crippen LogP contribution in [0, 0.1) is 5.92 Å². The maximum atomic E-state index is 13.8. The zero-order chi connectivity index (χ0) is 35.0. The minimum Gasteiger partial charge on any atom is -0.374 e. The Bertz CT molecular complexity index is 1710. The molecule has 12 heteroatoms. The van der Waals surface area contributed by atoms with Crippen molar-refractivity contribution >= 4 is 10.1 Å². The molecular formula is C38H39F3O8S. The van der Waals surface area contributed by atoms with Gasteiger partial charge in [-0.25, -0.2) is 0 Å². The van der Waals surface area contributed by atoms with Gasteiger partial charge in [0.25, 0.3) is 0 Å². The molecule has 0 aromatic heterocycles. The molecule has 0 radical (unpaired) electrons. The molecule has 6 rings (SSSR count). The second kappa shape index (κ2) is 16.6. The predicted octanol–water partition coefficient (Wildman–Crippen LogP) is 7.15. The van der Waals surface area contributed by atoms with Crippen LogP contribution in [-0.2, 0) is 57.8 Å². The highest BCUT2D eigenvalue weighted by molar-refractivity contribution is 7.87. The van der Waals surface area contributed by atoms with E-state index >= 15 is 0 Å². The van der Waals surface area contributed by atoms with Crippen molar-refractivity contribution < 1.29 is 49.5 Å². The van der Waals surface area contributed by atoms with Gasteiger partial charge in [0.1, 0.15) is 18.3 Å². The number of alkyl halides is 3. The zero-order valence-corrected chi connectivity index (χ0v) is 28.0. The third kappa shape index (κ3) is 9.58. The summed E-state index contributed by atoms with van der Waals surface area (Å²) in [5.74, 6) is 0.236. The van der Waals surface area contributed by atoms with Gasteiger partial charge < -0.3 is 23.7 Å². The van der Waals surface area contributed by atoms with Gasteiger partial charge in [0.2, 0.25) is 0 Å². The topological polar surface area (TPSA) is 89.5 Å². The van der Waals surface area contributed by atoms with Gasteiger partial charge >= 0.3 is 15.6 Å². The van der Waals surface area contributed by atoms with Crippen LogP contribution in [0.3, 0.4) is 0 Å². The number of ether oxygens (including phenoxy) is 5. The number of hydrogen-bond donors (Lipinski definition) is 0. The number of hydrogen-bond acceptors (Lipinski definition) is 8. The van der Waals surface area contributed by atoms with Crippen molar-refractivity contribution in [3.63, 3.8) is 0 Å². The fourth-order valence-electron chi connectivity index (χ4n) is 6.00. The lowest BCUT2D eigenvalue weighted by atomic mass is 9.98. The smallest absolute Gasteiger partial charge is 0.374 e. The molecular weight excluding hydrogens is 673 g/mol. The Morgan fingerprint density at radius 1 is 0.620 bits per heavy atom. The third-order valence-corrected chi connectivity index (χ3v) is 9.74. The first-order valence-electron chi connectivity index (χ1n) is 16.4. The summed E-state index contributed by atoms with van der Waals surface area (Å²) in [5.41, 5.74) is -2.21. The molecule has 1 aliphatic heterocycles. The van der Waals surface area contributed by atoms with E-state index in [-0.39, 0.29) is 44.9 Å². The van der Waals surface area contributed by atoms with Crippen molar-refractivity contribution in [2.45, 2.75) is 68.4 Å². The van der Waals surface area contributed by atoms with Gasteiger partial charge in [0.15, 0.2) is 12.4 Å². The van der Waals surface area contributed by atoms with Crippen molar-refractivity contribution in [2.24, 2.45) is 5.92 Å². The second-order valence-corrected chi connectivity index (χ2v) is 13.9. The first-order valence-corrected chi connectivity index (χ1v) is 17.8. The fourth-order valence-corrected chi connectivity index (χ4v) is 6.60. The summed E-state index contributed by atoms with van der Waals surface area (Å²) in [5, 5.41) is 0. The molecule has 7 atom stereocenters. The summed E-state index contributed by atoms with van der Waals surface area (Å²) in [6.07, 6.45) is -6.09. The third-order valence-electron chi connectivity index (χ3n) is 8.70. The van der Waals surface area contributed by atoms with Crippen molar-refractivity contribution in [2.75, 3.05) is 13.2 Å². The predicted molar refractivity (Wildman–Crippen MR) is 178 cm³/mol. The largest absolute Gasteiger partial charge is 0.523 e. The summed E-state index contributed by atoms with van der Waals surface area (Å²) >= 11 is 0. The quantitative estimate of drug-likeness (QED) is 0.0894. The summed E-state index contributed by atoms with van der Waals surface area (Å²) in [6, 6.07) is 37.4.